The van der Waals surface area contributed by atoms with Gasteiger partial charge in [0.2, 0.25) is 0 Å². The molecule has 0 bridgehead atoms. The normalized spacial score (nSPS) is 11.1. The molecule has 0 unspecified atom stereocenters. The molecule has 0 aliphatic carbocycles. The zero-order valence-electron chi connectivity index (χ0n) is 9.30. The highest BCUT2D eigenvalue weighted by molar-refractivity contribution is 7.90. The van der Waals surface area contributed by atoms with E-state index in [0.29, 0.717) is 0 Å². The number of anilines is 1. The molecule has 4 N–H and O–H groups in total. The summed E-state index contributed by atoms with van der Waals surface area (Å²) >= 11 is 0. The van der Waals surface area contributed by atoms with Crippen molar-refractivity contribution in [2.24, 2.45) is 0 Å². The summed E-state index contributed by atoms with van der Waals surface area (Å²) < 4.78 is 21.7. The summed E-state index contributed by atoms with van der Waals surface area (Å²) in [6, 6.07) is 3.99. The van der Waals surface area contributed by atoms with Crippen LogP contribution in [-0.2, 0) is 9.84 Å². The van der Waals surface area contributed by atoms with Gasteiger partial charge in [0.05, 0.1) is 11.3 Å². The Morgan fingerprint density at radius 2 is 2.12 bits per heavy atom. The van der Waals surface area contributed by atoms with Gasteiger partial charge in [0, 0.05) is 18.5 Å². The lowest BCUT2D eigenvalue weighted by molar-refractivity contribution is 0.0956. The maximum Gasteiger partial charge on any atom is 0.253 e. The van der Waals surface area contributed by atoms with Crippen molar-refractivity contribution in [1.29, 1.82) is 0 Å². The number of hydrogen-bond acceptors (Lipinski definition) is 5. The number of sulfone groups is 1. The van der Waals surface area contributed by atoms with Crippen LogP contribution in [0, 0.1) is 0 Å². The van der Waals surface area contributed by atoms with Crippen molar-refractivity contribution in [3.63, 3.8) is 0 Å². The maximum atomic E-state index is 11.6. The summed E-state index contributed by atoms with van der Waals surface area (Å²) in [6.45, 7) is 0.00671. The van der Waals surface area contributed by atoms with Crippen molar-refractivity contribution in [3.8, 4) is 5.75 Å². The maximum absolute atomic E-state index is 11.6. The van der Waals surface area contributed by atoms with Gasteiger partial charge in [-0.25, -0.2) is 8.42 Å². The van der Waals surface area contributed by atoms with E-state index < -0.39 is 15.7 Å². The smallest absolute Gasteiger partial charge is 0.253 e. The molecule has 1 amide bonds. The Morgan fingerprint density at radius 3 is 2.71 bits per heavy atom. The zero-order chi connectivity index (χ0) is 13.1. The second kappa shape index (κ2) is 5.05. The first kappa shape index (κ1) is 13.3. The molecule has 0 atom stereocenters. The van der Waals surface area contributed by atoms with Crippen LogP contribution >= 0.6 is 0 Å². The number of rotatable bonds is 4. The van der Waals surface area contributed by atoms with Gasteiger partial charge in [-0.15, -0.1) is 0 Å². The summed E-state index contributed by atoms with van der Waals surface area (Å²) in [4.78, 5) is 11.6. The predicted octanol–water partition coefficient (Wildman–Crippen LogP) is -0.251. The number of hydrogen-bond donors (Lipinski definition) is 3. The van der Waals surface area contributed by atoms with Gasteiger partial charge in [-0.1, -0.05) is 0 Å². The number of amides is 1. The lowest BCUT2D eigenvalue weighted by atomic mass is 10.1. The van der Waals surface area contributed by atoms with Gasteiger partial charge in [-0.3, -0.25) is 4.79 Å². The van der Waals surface area contributed by atoms with Gasteiger partial charge in [-0.05, 0) is 18.2 Å². The SMILES string of the molecule is CS(=O)(=O)CCNC(=O)c1cc(O)ccc1N. The molecule has 0 heterocycles. The first-order chi connectivity index (χ1) is 7.79. The van der Waals surface area contributed by atoms with Crippen LogP contribution in [0.1, 0.15) is 10.4 Å². The second-order valence-electron chi connectivity index (χ2n) is 3.66. The molecule has 0 aromatic heterocycles. The fraction of sp³-hybridized carbons (Fsp3) is 0.300. The molecule has 0 aliphatic rings. The Labute approximate surface area is 99.4 Å². The van der Waals surface area contributed by atoms with Gasteiger partial charge in [0.1, 0.15) is 15.6 Å². The fourth-order valence-electron chi connectivity index (χ4n) is 1.19. The molecule has 0 fully saturated rings. The lowest BCUT2D eigenvalue weighted by Gasteiger charge is -2.07. The van der Waals surface area contributed by atoms with E-state index in [9.17, 15) is 18.3 Å². The summed E-state index contributed by atoms with van der Waals surface area (Å²) in [6.07, 6.45) is 1.09. The van der Waals surface area contributed by atoms with E-state index in [1.165, 1.54) is 18.2 Å². The minimum absolute atomic E-state index is 0.00671. The first-order valence-electron chi connectivity index (χ1n) is 4.84. The molecule has 0 saturated heterocycles. The molecular formula is C10H14N2O4S. The van der Waals surface area contributed by atoms with Crippen LogP contribution in [0.3, 0.4) is 0 Å². The second-order valence-corrected chi connectivity index (χ2v) is 5.92. The largest absolute Gasteiger partial charge is 0.508 e. The molecule has 17 heavy (non-hydrogen) atoms. The average molecular weight is 258 g/mol. The molecule has 6 nitrogen and oxygen atoms in total. The minimum atomic E-state index is -3.12. The summed E-state index contributed by atoms with van der Waals surface area (Å²) in [5.74, 6) is -0.730. The number of carbonyl (C=O) groups excluding carboxylic acids is 1. The summed E-state index contributed by atoms with van der Waals surface area (Å²) in [5, 5.41) is 11.6. The van der Waals surface area contributed by atoms with Crippen molar-refractivity contribution in [2.45, 2.75) is 0 Å². The Kier molecular flexibility index (Phi) is 3.95. The standard InChI is InChI=1S/C10H14N2O4S/c1-17(15,16)5-4-12-10(14)8-6-7(13)2-3-9(8)11/h2-3,6,13H,4-5,11H2,1H3,(H,12,14). The highest BCUT2D eigenvalue weighted by Crippen LogP contribution is 2.17. The number of phenols is 1. The van der Waals surface area contributed by atoms with Gasteiger partial charge < -0.3 is 16.2 Å². The lowest BCUT2D eigenvalue weighted by Crippen LogP contribution is -2.29. The van der Waals surface area contributed by atoms with E-state index in [2.05, 4.69) is 5.32 Å². The van der Waals surface area contributed by atoms with E-state index in [1.807, 2.05) is 0 Å². The summed E-state index contributed by atoms with van der Waals surface area (Å²) in [5.41, 5.74) is 5.90. The molecule has 1 aromatic carbocycles. The van der Waals surface area contributed by atoms with Crippen LogP contribution < -0.4 is 11.1 Å². The number of nitrogen functional groups attached to an aromatic ring is 1. The minimum Gasteiger partial charge on any atom is -0.508 e. The van der Waals surface area contributed by atoms with Crippen LogP contribution in [0.4, 0.5) is 5.69 Å². The van der Waals surface area contributed by atoms with E-state index in [0.717, 1.165) is 6.26 Å². The molecular weight excluding hydrogens is 244 g/mol. The Bertz CT molecular complexity index is 525. The Morgan fingerprint density at radius 1 is 1.47 bits per heavy atom. The van der Waals surface area contributed by atoms with Crippen molar-refractivity contribution < 1.29 is 18.3 Å². The molecule has 1 aromatic rings. The van der Waals surface area contributed by atoms with Crippen LogP contribution in [0.5, 0.6) is 5.75 Å². The molecule has 1 rings (SSSR count). The van der Waals surface area contributed by atoms with Crippen molar-refractivity contribution in [2.75, 3.05) is 24.3 Å². The Hall–Kier alpha value is -1.76. The Balaban J connectivity index is 2.67. The van der Waals surface area contributed by atoms with Gasteiger partial charge in [0.15, 0.2) is 0 Å². The quantitative estimate of drug-likeness (QED) is 0.509. The van der Waals surface area contributed by atoms with Gasteiger partial charge in [-0.2, -0.15) is 0 Å². The third kappa shape index (κ3) is 4.31. The average Bonchev–Trinajstić information content (AvgIpc) is 2.19. The van der Waals surface area contributed by atoms with Crippen LogP contribution in [-0.4, -0.2) is 38.0 Å². The number of carbonyl (C=O) groups is 1. The molecule has 0 saturated carbocycles. The van der Waals surface area contributed by atoms with Gasteiger partial charge >= 0.3 is 0 Å². The van der Waals surface area contributed by atoms with Crippen LogP contribution in [0.15, 0.2) is 18.2 Å². The highest BCUT2D eigenvalue weighted by Gasteiger charge is 2.11. The van der Waals surface area contributed by atoms with Crippen molar-refractivity contribution >= 4 is 21.4 Å². The first-order valence-corrected chi connectivity index (χ1v) is 6.90. The fourth-order valence-corrected chi connectivity index (χ4v) is 1.66. The topological polar surface area (TPSA) is 109 Å². The number of phenolic OH excluding ortho intramolecular Hbond substituents is 1. The third-order valence-corrected chi connectivity index (χ3v) is 2.99. The predicted molar refractivity (Wildman–Crippen MR) is 64.6 cm³/mol. The highest BCUT2D eigenvalue weighted by atomic mass is 32.2. The van der Waals surface area contributed by atoms with Gasteiger partial charge in [0.25, 0.3) is 5.91 Å². The van der Waals surface area contributed by atoms with E-state index in [1.54, 1.807) is 0 Å². The summed E-state index contributed by atoms with van der Waals surface area (Å²) in [7, 11) is -3.12. The molecule has 94 valence electrons. The van der Waals surface area contributed by atoms with Crippen LogP contribution in [0.25, 0.3) is 0 Å². The number of nitrogens with two attached hydrogens (primary N) is 1. The monoisotopic (exact) mass is 258 g/mol. The van der Waals surface area contributed by atoms with Crippen molar-refractivity contribution in [3.05, 3.63) is 23.8 Å². The molecule has 0 aliphatic heterocycles. The van der Waals surface area contributed by atoms with E-state index >= 15 is 0 Å². The third-order valence-electron chi connectivity index (χ3n) is 2.04. The number of aromatic hydroxyl groups is 1. The molecule has 0 spiro atoms. The number of nitrogens with one attached hydrogen (secondary N) is 1. The van der Waals surface area contributed by atoms with Crippen molar-refractivity contribution in [1.82, 2.24) is 5.32 Å². The van der Waals surface area contributed by atoms with E-state index in [-0.39, 0.29) is 29.3 Å². The molecule has 0 radical (unpaired) electrons. The van der Waals surface area contributed by atoms with E-state index in [4.69, 9.17) is 5.73 Å². The molecule has 7 heteroatoms. The van der Waals surface area contributed by atoms with Crippen LogP contribution in [0.2, 0.25) is 0 Å². The number of benzene rings is 1. The zero-order valence-corrected chi connectivity index (χ0v) is 10.1.